The average molecular weight is 431 g/mol. The first-order chi connectivity index (χ1) is 14.5. The van der Waals surface area contributed by atoms with Gasteiger partial charge in [0, 0.05) is 18.7 Å². The minimum Gasteiger partial charge on any atom is -0.486 e. The SMILES string of the molecule is O=C(NC[C@@H]1COc2ccccc2O1)c1ccc(S(=O)(=O)N2CCCCCC2)cc1. The lowest BCUT2D eigenvalue weighted by Gasteiger charge is -2.26. The molecule has 1 atom stereocenters. The molecule has 2 heterocycles. The quantitative estimate of drug-likeness (QED) is 0.789. The smallest absolute Gasteiger partial charge is 0.251 e. The van der Waals surface area contributed by atoms with E-state index in [4.69, 9.17) is 9.47 Å². The van der Waals surface area contributed by atoms with E-state index in [1.807, 2.05) is 24.3 Å². The first-order valence-electron chi connectivity index (χ1n) is 10.3. The number of carbonyl (C=O) groups is 1. The molecule has 0 aliphatic carbocycles. The minimum atomic E-state index is -3.52. The molecule has 2 aliphatic rings. The van der Waals surface area contributed by atoms with Gasteiger partial charge in [-0.05, 0) is 49.2 Å². The maximum Gasteiger partial charge on any atom is 0.251 e. The van der Waals surface area contributed by atoms with Gasteiger partial charge < -0.3 is 14.8 Å². The van der Waals surface area contributed by atoms with E-state index in [9.17, 15) is 13.2 Å². The van der Waals surface area contributed by atoms with Gasteiger partial charge in [0.25, 0.3) is 5.91 Å². The summed E-state index contributed by atoms with van der Waals surface area (Å²) in [6.45, 7) is 1.75. The van der Waals surface area contributed by atoms with Gasteiger partial charge in [-0.25, -0.2) is 8.42 Å². The first kappa shape index (κ1) is 20.7. The Hall–Kier alpha value is -2.58. The van der Waals surface area contributed by atoms with Crippen LogP contribution >= 0.6 is 0 Å². The van der Waals surface area contributed by atoms with E-state index in [-0.39, 0.29) is 16.9 Å². The number of fused-ring (bicyclic) bond motifs is 1. The molecule has 2 aromatic carbocycles. The lowest BCUT2D eigenvalue weighted by Crippen LogP contribution is -2.40. The molecule has 2 aromatic rings. The highest BCUT2D eigenvalue weighted by atomic mass is 32.2. The number of amides is 1. The molecule has 2 aliphatic heterocycles. The maximum atomic E-state index is 12.8. The van der Waals surface area contributed by atoms with Gasteiger partial charge in [-0.2, -0.15) is 4.31 Å². The van der Waals surface area contributed by atoms with Crippen LogP contribution in [0.15, 0.2) is 53.4 Å². The van der Waals surface area contributed by atoms with Gasteiger partial charge in [-0.3, -0.25) is 4.79 Å². The van der Waals surface area contributed by atoms with Crippen LogP contribution in [0.2, 0.25) is 0 Å². The molecule has 8 heteroatoms. The molecule has 30 heavy (non-hydrogen) atoms. The molecule has 1 amide bonds. The second-order valence-corrected chi connectivity index (χ2v) is 9.49. The molecule has 1 N–H and O–H groups in total. The largest absolute Gasteiger partial charge is 0.486 e. The van der Waals surface area contributed by atoms with Crippen molar-refractivity contribution in [2.75, 3.05) is 26.2 Å². The van der Waals surface area contributed by atoms with Crippen LogP contribution in [0.3, 0.4) is 0 Å². The number of para-hydroxylation sites is 2. The number of carbonyl (C=O) groups excluding carboxylic acids is 1. The fraction of sp³-hybridized carbons (Fsp3) is 0.409. The molecule has 4 rings (SSSR count). The molecule has 7 nitrogen and oxygen atoms in total. The maximum absolute atomic E-state index is 12.8. The van der Waals surface area contributed by atoms with E-state index in [0.29, 0.717) is 43.3 Å². The summed E-state index contributed by atoms with van der Waals surface area (Å²) in [7, 11) is -3.52. The number of rotatable bonds is 5. The molecule has 160 valence electrons. The van der Waals surface area contributed by atoms with Crippen LogP contribution in [0.25, 0.3) is 0 Å². The molecule has 0 spiro atoms. The van der Waals surface area contributed by atoms with E-state index in [1.54, 1.807) is 16.4 Å². The Labute approximate surface area is 177 Å². The lowest BCUT2D eigenvalue weighted by atomic mass is 10.2. The Morgan fingerprint density at radius 1 is 0.967 bits per heavy atom. The van der Waals surface area contributed by atoms with Gasteiger partial charge in [0.15, 0.2) is 11.5 Å². The Kier molecular flexibility index (Phi) is 6.24. The van der Waals surface area contributed by atoms with Crippen LogP contribution in [-0.4, -0.2) is 51.0 Å². The number of ether oxygens (including phenoxy) is 2. The second-order valence-electron chi connectivity index (χ2n) is 7.55. The van der Waals surface area contributed by atoms with Crippen molar-refractivity contribution in [3.8, 4) is 11.5 Å². The van der Waals surface area contributed by atoms with Gasteiger partial charge in [-0.1, -0.05) is 25.0 Å². The third-order valence-electron chi connectivity index (χ3n) is 5.38. The van der Waals surface area contributed by atoms with Crippen molar-refractivity contribution in [3.05, 3.63) is 54.1 Å². The summed E-state index contributed by atoms with van der Waals surface area (Å²) in [5, 5.41) is 2.83. The van der Waals surface area contributed by atoms with Crippen LogP contribution < -0.4 is 14.8 Å². The number of hydrogen-bond donors (Lipinski definition) is 1. The molecule has 0 aromatic heterocycles. The van der Waals surface area contributed by atoms with Gasteiger partial charge in [0.1, 0.15) is 12.7 Å². The summed E-state index contributed by atoms with van der Waals surface area (Å²) >= 11 is 0. The van der Waals surface area contributed by atoms with Crippen molar-refractivity contribution in [2.45, 2.75) is 36.7 Å². The Bertz CT molecular complexity index is 983. The van der Waals surface area contributed by atoms with E-state index < -0.39 is 10.0 Å². The number of sulfonamides is 1. The molecule has 1 saturated heterocycles. The molecular weight excluding hydrogens is 404 g/mol. The van der Waals surface area contributed by atoms with Gasteiger partial charge >= 0.3 is 0 Å². The summed E-state index contributed by atoms with van der Waals surface area (Å²) in [5.74, 6) is 1.07. The normalized spacial score (nSPS) is 19.7. The van der Waals surface area contributed by atoms with Crippen LogP contribution in [0.5, 0.6) is 11.5 Å². The van der Waals surface area contributed by atoms with Crippen LogP contribution in [0, 0.1) is 0 Å². The number of nitrogens with zero attached hydrogens (tertiary/aromatic N) is 1. The van der Waals surface area contributed by atoms with E-state index >= 15 is 0 Å². The Morgan fingerprint density at radius 3 is 2.33 bits per heavy atom. The topological polar surface area (TPSA) is 84.9 Å². The third-order valence-corrected chi connectivity index (χ3v) is 7.29. The zero-order valence-corrected chi connectivity index (χ0v) is 17.6. The Morgan fingerprint density at radius 2 is 1.63 bits per heavy atom. The summed E-state index contributed by atoms with van der Waals surface area (Å²) < 4.78 is 38.7. The van der Waals surface area contributed by atoms with Gasteiger partial charge in [0.05, 0.1) is 11.4 Å². The van der Waals surface area contributed by atoms with Crippen molar-refractivity contribution in [1.82, 2.24) is 9.62 Å². The van der Waals surface area contributed by atoms with E-state index in [1.165, 1.54) is 12.1 Å². The van der Waals surface area contributed by atoms with Crippen molar-refractivity contribution in [1.29, 1.82) is 0 Å². The number of hydrogen-bond acceptors (Lipinski definition) is 5. The standard InChI is InChI=1S/C22H26N2O5S/c25-22(23-15-18-16-28-20-7-3-4-8-21(20)29-18)17-9-11-19(12-10-17)30(26,27)24-13-5-1-2-6-14-24/h3-4,7-12,18H,1-2,5-6,13-16H2,(H,23,25)/t18-/m1/s1. The van der Waals surface area contributed by atoms with Gasteiger partial charge in [0.2, 0.25) is 10.0 Å². The highest BCUT2D eigenvalue weighted by Crippen LogP contribution is 2.30. The molecular formula is C22H26N2O5S. The minimum absolute atomic E-state index is 0.224. The molecule has 0 saturated carbocycles. The van der Waals surface area contributed by atoms with Crippen LogP contribution in [0.4, 0.5) is 0 Å². The summed E-state index contributed by atoms with van der Waals surface area (Å²) in [6, 6.07) is 13.5. The zero-order chi connectivity index (χ0) is 21.0. The number of nitrogens with one attached hydrogen (secondary N) is 1. The molecule has 1 fully saturated rings. The molecule has 0 radical (unpaired) electrons. The highest BCUT2D eigenvalue weighted by Gasteiger charge is 2.25. The van der Waals surface area contributed by atoms with Crippen molar-refractivity contribution < 1.29 is 22.7 Å². The van der Waals surface area contributed by atoms with Crippen LogP contribution in [-0.2, 0) is 10.0 Å². The molecule has 0 unspecified atom stereocenters. The van der Waals surface area contributed by atoms with Crippen molar-refractivity contribution in [2.24, 2.45) is 0 Å². The average Bonchev–Trinajstić information content (AvgIpc) is 3.08. The summed E-state index contributed by atoms with van der Waals surface area (Å²) in [4.78, 5) is 12.7. The predicted molar refractivity (Wildman–Crippen MR) is 112 cm³/mol. The predicted octanol–water partition coefficient (Wildman–Crippen LogP) is 2.82. The van der Waals surface area contributed by atoms with E-state index in [2.05, 4.69) is 5.32 Å². The second kappa shape index (κ2) is 9.06. The lowest BCUT2D eigenvalue weighted by molar-refractivity contribution is 0.0789. The fourth-order valence-electron chi connectivity index (χ4n) is 3.68. The van der Waals surface area contributed by atoms with Crippen molar-refractivity contribution in [3.63, 3.8) is 0 Å². The van der Waals surface area contributed by atoms with Crippen LogP contribution in [0.1, 0.15) is 36.0 Å². The monoisotopic (exact) mass is 430 g/mol. The Balaban J connectivity index is 1.35. The summed E-state index contributed by atoms with van der Waals surface area (Å²) in [5.41, 5.74) is 0.405. The third kappa shape index (κ3) is 4.60. The number of benzene rings is 2. The highest BCUT2D eigenvalue weighted by molar-refractivity contribution is 7.89. The fourth-order valence-corrected chi connectivity index (χ4v) is 5.20. The van der Waals surface area contributed by atoms with Gasteiger partial charge in [-0.15, -0.1) is 0 Å². The first-order valence-corrected chi connectivity index (χ1v) is 11.7. The molecule has 0 bridgehead atoms. The van der Waals surface area contributed by atoms with E-state index in [0.717, 1.165) is 25.7 Å². The zero-order valence-electron chi connectivity index (χ0n) is 16.7. The summed E-state index contributed by atoms with van der Waals surface area (Å²) in [6.07, 6.45) is 3.61. The van der Waals surface area contributed by atoms with Crippen molar-refractivity contribution >= 4 is 15.9 Å².